The van der Waals surface area contributed by atoms with E-state index in [1.807, 2.05) is 11.4 Å². The van der Waals surface area contributed by atoms with Crippen LogP contribution in [0.5, 0.6) is 0 Å². The van der Waals surface area contributed by atoms with Crippen molar-refractivity contribution in [3.05, 3.63) is 20.8 Å². The van der Waals surface area contributed by atoms with E-state index in [1.54, 1.807) is 6.07 Å². The highest BCUT2D eigenvalue weighted by Crippen LogP contribution is 2.22. The first kappa shape index (κ1) is 12.6. The van der Waals surface area contributed by atoms with Gasteiger partial charge in [-0.2, -0.15) is 9.57 Å². The third kappa shape index (κ3) is 3.57. The summed E-state index contributed by atoms with van der Waals surface area (Å²) in [6.07, 6.45) is 0. The van der Waals surface area contributed by atoms with Gasteiger partial charge in [-0.15, -0.1) is 11.3 Å². The van der Waals surface area contributed by atoms with Crippen molar-refractivity contribution in [3.63, 3.8) is 0 Å². The van der Waals surface area contributed by atoms with Gasteiger partial charge in [-0.1, -0.05) is 0 Å². The molecule has 0 N–H and O–H groups in total. The van der Waals surface area contributed by atoms with Crippen LogP contribution in [0, 0.1) is 11.3 Å². The van der Waals surface area contributed by atoms with E-state index in [-0.39, 0.29) is 0 Å². The van der Waals surface area contributed by atoms with Crippen molar-refractivity contribution in [1.82, 2.24) is 4.31 Å². The summed E-state index contributed by atoms with van der Waals surface area (Å²) < 4.78 is 25.0. The molecular weight excluding hydrogens is 300 g/mol. The van der Waals surface area contributed by atoms with Gasteiger partial charge >= 0.3 is 0 Å². The molecular formula is C8H9BrN2O2S2. The first-order valence-electron chi connectivity index (χ1n) is 3.99. The number of hydrogen-bond acceptors (Lipinski definition) is 4. The maximum absolute atomic E-state index is 11.4. The number of thiophene rings is 1. The van der Waals surface area contributed by atoms with Gasteiger partial charge in [0.1, 0.15) is 0 Å². The summed E-state index contributed by atoms with van der Waals surface area (Å²) in [4.78, 5) is 0. The standard InChI is InChI=1S/C8H9BrN2O2S2/c1-11(15(12,13)3-2-10)5-7-4-8(9)14-6-7/h4,6H,3,5H2,1H3. The van der Waals surface area contributed by atoms with Crippen molar-refractivity contribution in [2.24, 2.45) is 0 Å². The minimum atomic E-state index is -3.44. The van der Waals surface area contributed by atoms with Crippen LogP contribution >= 0.6 is 27.3 Å². The maximum Gasteiger partial charge on any atom is 0.227 e. The van der Waals surface area contributed by atoms with Crippen molar-refractivity contribution in [1.29, 1.82) is 5.26 Å². The normalized spacial score (nSPS) is 11.6. The molecule has 0 atom stereocenters. The molecule has 0 saturated heterocycles. The topological polar surface area (TPSA) is 61.2 Å². The van der Waals surface area contributed by atoms with E-state index in [0.717, 1.165) is 9.35 Å². The molecule has 0 aliphatic rings. The molecule has 4 nitrogen and oxygen atoms in total. The minimum Gasteiger partial charge on any atom is -0.211 e. The molecule has 15 heavy (non-hydrogen) atoms. The van der Waals surface area contributed by atoms with Crippen LogP contribution in [0.25, 0.3) is 0 Å². The summed E-state index contributed by atoms with van der Waals surface area (Å²) in [5, 5.41) is 10.2. The average molecular weight is 309 g/mol. The van der Waals surface area contributed by atoms with Gasteiger partial charge in [-0.25, -0.2) is 8.42 Å². The van der Waals surface area contributed by atoms with Gasteiger partial charge in [0, 0.05) is 13.6 Å². The summed E-state index contributed by atoms with van der Waals surface area (Å²) in [5.74, 6) is -0.477. The number of nitrogens with zero attached hydrogens (tertiary/aromatic N) is 2. The van der Waals surface area contributed by atoms with E-state index < -0.39 is 15.8 Å². The highest BCUT2D eigenvalue weighted by molar-refractivity contribution is 9.11. The van der Waals surface area contributed by atoms with Crippen LogP contribution in [0.1, 0.15) is 5.56 Å². The van der Waals surface area contributed by atoms with Crippen LogP contribution in [0.15, 0.2) is 15.2 Å². The summed E-state index contributed by atoms with van der Waals surface area (Å²) in [5.41, 5.74) is 0.913. The third-order valence-corrected chi connectivity index (χ3v) is 4.87. The Morgan fingerprint density at radius 2 is 2.33 bits per heavy atom. The lowest BCUT2D eigenvalue weighted by Gasteiger charge is -2.13. The van der Waals surface area contributed by atoms with Crippen LogP contribution in [0.4, 0.5) is 0 Å². The summed E-state index contributed by atoms with van der Waals surface area (Å²) in [7, 11) is -1.97. The SMILES string of the molecule is CN(Cc1csc(Br)c1)S(=O)(=O)CC#N. The molecule has 0 unspecified atom stereocenters. The van der Waals surface area contributed by atoms with E-state index in [4.69, 9.17) is 5.26 Å². The molecule has 0 fully saturated rings. The fraction of sp³-hybridized carbons (Fsp3) is 0.375. The first-order valence-corrected chi connectivity index (χ1v) is 7.28. The Hall–Kier alpha value is -0.420. The molecule has 0 aliphatic carbocycles. The lowest BCUT2D eigenvalue weighted by atomic mass is 10.3. The minimum absolute atomic E-state index is 0.298. The van der Waals surface area contributed by atoms with Gasteiger partial charge in [-0.3, -0.25) is 0 Å². The highest BCUT2D eigenvalue weighted by atomic mass is 79.9. The zero-order valence-electron chi connectivity index (χ0n) is 7.97. The number of hydrogen-bond donors (Lipinski definition) is 0. The van der Waals surface area contributed by atoms with Gasteiger partial charge in [-0.05, 0) is 32.9 Å². The average Bonchev–Trinajstić information content (AvgIpc) is 2.51. The molecule has 1 aromatic heterocycles. The van der Waals surface area contributed by atoms with Gasteiger partial charge in [0.05, 0.1) is 9.86 Å². The molecule has 1 heterocycles. The molecule has 0 amide bonds. The van der Waals surface area contributed by atoms with E-state index >= 15 is 0 Å². The molecule has 0 bridgehead atoms. The fourth-order valence-corrected chi connectivity index (χ4v) is 2.91. The Balaban J connectivity index is 2.72. The van der Waals surface area contributed by atoms with Gasteiger partial charge in [0.25, 0.3) is 0 Å². The van der Waals surface area contributed by atoms with E-state index in [1.165, 1.54) is 22.7 Å². The monoisotopic (exact) mass is 308 g/mol. The maximum atomic E-state index is 11.4. The first-order chi connectivity index (χ1) is 6.95. The summed E-state index contributed by atoms with van der Waals surface area (Å²) >= 11 is 4.80. The molecule has 0 aromatic carbocycles. The number of rotatable bonds is 4. The molecule has 1 aromatic rings. The second-order valence-electron chi connectivity index (χ2n) is 2.93. The smallest absolute Gasteiger partial charge is 0.211 e. The van der Waals surface area contributed by atoms with Crippen LogP contribution in [-0.4, -0.2) is 25.5 Å². The Kier molecular flexibility index (Phi) is 4.28. The van der Waals surface area contributed by atoms with E-state index in [9.17, 15) is 8.42 Å². The molecule has 7 heteroatoms. The second-order valence-corrected chi connectivity index (χ2v) is 7.30. The van der Waals surface area contributed by atoms with Crippen molar-refractivity contribution in [2.75, 3.05) is 12.8 Å². The van der Waals surface area contributed by atoms with Crippen LogP contribution in [0.2, 0.25) is 0 Å². The lowest BCUT2D eigenvalue weighted by molar-refractivity contribution is 0.470. The van der Waals surface area contributed by atoms with Crippen molar-refractivity contribution < 1.29 is 8.42 Å². The molecule has 1 rings (SSSR count). The van der Waals surface area contributed by atoms with Crippen LogP contribution in [0.3, 0.4) is 0 Å². The second kappa shape index (κ2) is 5.07. The lowest BCUT2D eigenvalue weighted by Crippen LogP contribution is -2.28. The van der Waals surface area contributed by atoms with Crippen molar-refractivity contribution in [3.8, 4) is 6.07 Å². The molecule has 0 aliphatic heterocycles. The van der Waals surface area contributed by atoms with Crippen molar-refractivity contribution >= 4 is 37.3 Å². The quantitative estimate of drug-likeness (QED) is 0.852. The Morgan fingerprint density at radius 3 is 2.80 bits per heavy atom. The zero-order valence-corrected chi connectivity index (χ0v) is 11.2. The van der Waals surface area contributed by atoms with Gasteiger partial charge in [0.2, 0.25) is 10.0 Å². The highest BCUT2D eigenvalue weighted by Gasteiger charge is 2.17. The third-order valence-electron chi connectivity index (χ3n) is 1.75. The van der Waals surface area contributed by atoms with E-state index in [2.05, 4.69) is 15.9 Å². The Labute approximate surface area is 101 Å². The summed E-state index contributed by atoms with van der Waals surface area (Å²) in [6, 6.07) is 3.51. The van der Waals surface area contributed by atoms with Gasteiger partial charge in [0.15, 0.2) is 5.75 Å². The van der Waals surface area contributed by atoms with Gasteiger partial charge < -0.3 is 0 Å². The Bertz CT molecular complexity index is 475. The molecule has 82 valence electrons. The molecule has 0 saturated carbocycles. The zero-order chi connectivity index (χ0) is 11.5. The number of nitriles is 1. The fourth-order valence-electron chi connectivity index (χ4n) is 0.976. The predicted octanol–water partition coefficient (Wildman–Crippen LogP) is 1.80. The largest absolute Gasteiger partial charge is 0.227 e. The van der Waals surface area contributed by atoms with Crippen molar-refractivity contribution in [2.45, 2.75) is 6.54 Å². The van der Waals surface area contributed by atoms with Crippen LogP contribution < -0.4 is 0 Å². The number of sulfonamides is 1. The molecule has 0 spiro atoms. The van der Waals surface area contributed by atoms with Crippen LogP contribution in [-0.2, 0) is 16.6 Å². The Morgan fingerprint density at radius 1 is 1.67 bits per heavy atom. The summed E-state index contributed by atoms with van der Waals surface area (Å²) in [6.45, 7) is 0.298. The number of halogens is 1. The van der Waals surface area contributed by atoms with E-state index in [0.29, 0.717) is 6.54 Å². The predicted molar refractivity (Wildman–Crippen MR) is 62.9 cm³/mol. The molecule has 0 radical (unpaired) electrons.